The molecular formula is C13H14FNO4. The predicted octanol–water partition coefficient (Wildman–Crippen LogP) is 0.885. The smallest absolute Gasteiger partial charge is 0.324 e. The van der Waals surface area contributed by atoms with Gasteiger partial charge in [0.1, 0.15) is 5.82 Å². The van der Waals surface area contributed by atoms with Gasteiger partial charge in [0.25, 0.3) is 0 Å². The van der Waals surface area contributed by atoms with E-state index in [0.717, 1.165) is 5.56 Å². The number of hydrogen-bond donors (Lipinski definition) is 1. The summed E-state index contributed by atoms with van der Waals surface area (Å²) >= 11 is 0. The number of rotatable bonds is 4. The first-order valence-corrected chi connectivity index (χ1v) is 5.77. The van der Waals surface area contributed by atoms with Crippen molar-refractivity contribution in [3.63, 3.8) is 0 Å². The van der Waals surface area contributed by atoms with E-state index >= 15 is 0 Å². The lowest BCUT2D eigenvalue weighted by Gasteiger charge is -2.38. The first-order chi connectivity index (χ1) is 8.95. The molecule has 1 heterocycles. The van der Waals surface area contributed by atoms with Gasteiger partial charge in [-0.2, -0.15) is 0 Å². The van der Waals surface area contributed by atoms with E-state index in [1.165, 1.54) is 24.1 Å². The first-order valence-electron chi connectivity index (χ1n) is 5.77. The second kappa shape index (κ2) is 4.97. The molecule has 6 heteroatoms. The van der Waals surface area contributed by atoms with Gasteiger partial charge in [0.2, 0.25) is 5.91 Å². The number of carbonyl (C=O) groups is 2. The van der Waals surface area contributed by atoms with Crippen molar-refractivity contribution in [1.82, 2.24) is 4.90 Å². The molecule has 0 saturated carbocycles. The van der Waals surface area contributed by atoms with Crippen LogP contribution in [0.2, 0.25) is 0 Å². The van der Waals surface area contributed by atoms with Crippen LogP contribution >= 0.6 is 0 Å². The summed E-state index contributed by atoms with van der Waals surface area (Å²) in [6, 6.07) is 5.72. The maximum absolute atomic E-state index is 12.8. The van der Waals surface area contributed by atoms with Gasteiger partial charge in [-0.3, -0.25) is 9.59 Å². The topological polar surface area (TPSA) is 66.8 Å². The molecule has 1 amide bonds. The minimum absolute atomic E-state index is 0.102. The second-order valence-corrected chi connectivity index (χ2v) is 4.67. The summed E-state index contributed by atoms with van der Waals surface area (Å²) in [6.45, 7) is 0.0258. The molecule has 102 valence electrons. The molecule has 5 nitrogen and oxygen atoms in total. The van der Waals surface area contributed by atoms with E-state index in [2.05, 4.69) is 0 Å². The average molecular weight is 267 g/mol. The molecule has 0 spiro atoms. The van der Waals surface area contributed by atoms with Gasteiger partial charge in [-0.05, 0) is 17.7 Å². The van der Waals surface area contributed by atoms with Crippen molar-refractivity contribution >= 4 is 11.9 Å². The number of ether oxygens (including phenoxy) is 1. The highest BCUT2D eigenvalue weighted by molar-refractivity contribution is 6.03. The lowest BCUT2D eigenvalue weighted by Crippen LogP contribution is -2.59. The minimum Gasteiger partial charge on any atom is -0.480 e. The molecule has 0 aliphatic carbocycles. The maximum Gasteiger partial charge on any atom is 0.324 e. The molecule has 0 bridgehead atoms. The lowest BCUT2D eigenvalue weighted by atomic mass is 9.84. The van der Waals surface area contributed by atoms with Gasteiger partial charge in [0.05, 0.1) is 13.2 Å². The Labute approximate surface area is 109 Å². The van der Waals surface area contributed by atoms with Crippen LogP contribution in [-0.4, -0.2) is 42.1 Å². The van der Waals surface area contributed by atoms with Crippen LogP contribution in [0.4, 0.5) is 4.39 Å². The van der Waals surface area contributed by atoms with Gasteiger partial charge in [0, 0.05) is 13.6 Å². The van der Waals surface area contributed by atoms with Gasteiger partial charge in [-0.15, -0.1) is 0 Å². The second-order valence-electron chi connectivity index (χ2n) is 4.67. The zero-order valence-corrected chi connectivity index (χ0v) is 10.4. The third kappa shape index (κ3) is 2.44. The molecule has 1 N–H and O–H groups in total. The van der Waals surface area contributed by atoms with E-state index in [-0.39, 0.29) is 25.6 Å². The zero-order chi connectivity index (χ0) is 14.0. The number of amides is 1. The van der Waals surface area contributed by atoms with Gasteiger partial charge in [-0.1, -0.05) is 12.1 Å². The fourth-order valence-corrected chi connectivity index (χ4v) is 1.95. The number of carboxylic acids is 1. The minimum atomic E-state index is -1.46. The molecule has 0 aromatic heterocycles. The third-order valence-corrected chi connectivity index (χ3v) is 3.20. The highest BCUT2D eigenvalue weighted by Gasteiger charge is 2.54. The van der Waals surface area contributed by atoms with Crippen LogP contribution < -0.4 is 0 Å². The van der Waals surface area contributed by atoms with Crippen LogP contribution in [0.5, 0.6) is 0 Å². The maximum atomic E-state index is 12.8. The van der Waals surface area contributed by atoms with E-state index in [0.29, 0.717) is 0 Å². The number of benzene rings is 1. The molecule has 1 aromatic carbocycles. The van der Waals surface area contributed by atoms with E-state index < -0.39 is 17.3 Å². The van der Waals surface area contributed by atoms with Gasteiger partial charge in [-0.25, -0.2) is 4.39 Å². The number of aliphatic carboxylic acids is 1. The molecule has 1 saturated heterocycles. The molecule has 0 radical (unpaired) electrons. The molecule has 1 aliphatic rings. The molecule has 1 aromatic rings. The summed E-state index contributed by atoms with van der Waals surface area (Å²) in [5.74, 6) is -2.02. The summed E-state index contributed by atoms with van der Waals surface area (Å²) in [4.78, 5) is 24.6. The Morgan fingerprint density at radius 1 is 1.37 bits per heavy atom. The van der Waals surface area contributed by atoms with Crippen LogP contribution in [0, 0.1) is 11.2 Å². The van der Waals surface area contributed by atoms with Crippen molar-refractivity contribution in [2.45, 2.75) is 6.54 Å². The number of nitrogens with zero attached hydrogens (tertiary/aromatic N) is 1. The Kier molecular flexibility index (Phi) is 3.53. The summed E-state index contributed by atoms with van der Waals surface area (Å²) in [7, 11) is 1.52. The van der Waals surface area contributed by atoms with E-state index in [1.807, 2.05) is 0 Å². The molecule has 2 rings (SSSR count). The standard InChI is InChI=1S/C13H14FNO4/c1-15(6-9-2-4-10(14)5-3-9)11(16)13(12(17)18)7-19-8-13/h2-5H,6-8H2,1H3,(H,17,18). The fraction of sp³-hybridized carbons (Fsp3) is 0.385. The molecular weight excluding hydrogens is 253 g/mol. The molecule has 1 aliphatic heterocycles. The van der Waals surface area contributed by atoms with Crippen molar-refractivity contribution < 1.29 is 23.8 Å². The highest BCUT2D eigenvalue weighted by Crippen LogP contribution is 2.30. The molecule has 1 fully saturated rings. The number of hydrogen-bond acceptors (Lipinski definition) is 3. The normalized spacial score (nSPS) is 16.5. The van der Waals surface area contributed by atoms with E-state index in [9.17, 15) is 14.0 Å². The van der Waals surface area contributed by atoms with Crippen molar-refractivity contribution in [3.8, 4) is 0 Å². The van der Waals surface area contributed by atoms with Crippen LogP contribution in [0.3, 0.4) is 0 Å². The Morgan fingerprint density at radius 3 is 2.37 bits per heavy atom. The predicted molar refractivity (Wildman–Crippen MR) is 63.8 cm³/mol. The Hall–Kier alpha value is -1.95. The highest BCUT2D eigenvalue weighted by atomic mass is 19.1. The van der Waals surface area contributed by atoms with Crippen molar-refractivity contribution in [1.29, 1.82) is 0 Å². The molecule has 0 atom stereocenters. The average Bonchev–Trinajstić information content (AvgIpc) is 2.30. The van der Waals surface area contributed by atoms with Crippen LogP contribution in [0.25, 0.3) is 0 Å². The quantitative estimate of drug-likeness (QED) is 0.823. The summed E-state index contributed by atoms with van der Waals surface area (Å²) in [5, 5.41) is 9.13. The number of carboxylic acid groups (broad SMARTS) is 1. The summed E-state index contributed by atoms with van der Waals surface area (Å²) < 4.78 is 17.6. The summed E-state index contributed by atoms with van der Waals surface area (Å²) in [6.07, 6.45) is 0. The Bertz CT molecular complexity index is 496. The number of halogens is 1. The largest absolute Gasteiger partial charge is 0.480 e. The molecule has 19 heavy (non-hydrogen) atoms. The number of carbonyl (C=O) groups excluding carboxylic acids is 1. The Morgan fingerprint density at radius 2 is 1.95 bits per heavy atom. The van der Waals surface area contributed by atoms with Crippen LogP contribution in [0.1, 0.15) is 5.56 Å². The Balaban J connectivity index is 2.07. The third-order valence-electron chi connectivity index (χ3n) is 3.20. The fourth-order valence-electron chi connectivity index (χ4n) is 1.95. The first kappa shape index (κ1) is 13.5. The monoisotopic (exact) mass is 267 g/mol. The van der Waals surface area contributed by atoms with Gasteiger partial charge in [0.15, 0.2) is 5.41 Å². The lowest BCUT2D eigenvalue weighted by molar-refractivity contribution is -0.190. The molecule has 0 unspecified atom stereocenters. The van der Waals surface area contributed by atoms with Crippen LogP contribution in [-0.2, 0) is 20.9 Å². The summed E-state index contributed by atoms with van der Waals surface area (Å²) in [5.41, 5.74) is -0.729. The van der Waals surface area contributed by atoms with Crippen molar-refractivity contribution in [3.05, 3.63) is 35.6 Å². The van der Waals surface area contributed by atoms with E-state index in [1.54, 1.807) is 12.1 Å². The van der Waals surface area contributed by atoms with E-state index in [4.69, 9.17) is 9.84 Å². The zero-order valence-electron chi connectivity index (χ0n) is 10.4. The van der Waals surface area contributed by atoms with Crippen LogP contribution in [0.15, 0.2) is 24.3 Å². The van der Waals surface area contributed by atoms with Crippen molar-refractivity contribution in [2.24, 2.45) is 5.41 Å². The SMILES string of the molecule is CN(Cc1ccc(F)cc1)C(=O)C1(C(=O)O)COC1. The van der Waals surface area contributed by atoms with Gasteiger partial charge >= 0.3 is 5.97 Å². The van der Waals surface area contributed by atoms with Crippen molar-refractivity contribution in [2.75, 3.05) is 20.3 Å². The van der Waals surface area contributed by atoms with Gasteiger partial charge < -0.3 is 14.7 Å².